The topological polar surface area (TPSA) is 76.6 Å². The van der Waals surface area contributed by atoms with Crippen molar-refractivity contribution in [2.45, 2.75) is 12.5 Å². The van der Waals surface area contributed by atoms with Gasteiger partial charge in [-0.25, -0.2) is 0 Å². The number of amides is 1. The van der Waals surface area contributed by atoms with Crippen molar-refractivity contribution in [3.63, 3.8) is 0 Å². The molecule has 7 heteroatoms. The van der Waals surface area contributed by atoms with E-state index in [4.69, 9.17) is 10.5 Å². The van der Waals surface area contributed by atoms with E-state index in [-0.39, 0.29) is 5.91 Å². The van der Waals surface area contributed by atoms with Crippen molar-refractivity contribution >= 4 is 11.6 Å². The molecule has 0 bridgehead atoms. The summed E-state index contributed by atoms with van der Waals surface area (Å²) in [4.78, 5) is 16.8. The van der Waals surface area contributed by atoms with Gasteiger partial charge in [0.2, 0.25) is 0 Å². The van der Waals surface area contributed by atoms with Crippen molar-refractivity contribution < 1.29 is 9.53 Å². The lowest BCUT2D eigenvalue weighted by molar-refractivity contribution is 0.0185. The Hall–Kier alpha value is -1.60. The number of nitrogens with zero attached hydrogens (tertiary/aromatic N) is 4. The second kappa shape index (κ2) is 5.41. The number of nitrogen functional groups attached to an aromatic ring is 1. The summed E-state index contributed by atoms with van der Waals surface area (Å²) in [6.45, 7) is 5.05. The van der Waals surface area contributed by atoms with Crippen molar-refractivity contribution in [1.82, 2.24) is 19.6 Å². The Morgan fingerprint density at radius 3 is 2.80 bits per heavy atom. The first kappa shape index (κ1) is 13.4. The largest absolute Gasteiger partial charge is 0.396 e. The number of morpholine rings is 1. The Kier molecular flexibility index (Phi) is 3.62. The number of nitrogens with two attached hydrogens (primary N) is 1. The van der Waals surface area contributed by atoms with E-state index in [9.17, 15) is 4.79 Å². The number of ether oxygens (including phenoxy) is 1. The number of carbonyl (C=O) groups is 1. The van der Waals surface area contributed by atoms with Crippen LogP contribution in [0.2, 0.25) is 0 Å². The molecule has 0 aromatic carbocycles. The summed E-state index contributed by atoms with van der Waals surface area (Å²) in [5.41, 5.74) is 6.77. The molecule has 1 aromatic rings. The van der Waals surface area contributed by atoms with Crippen LogP contribution in [0.5, 0.6) is 0 Å². The highest BCUT2D eigenvalue weighted by molar-refractivity contribution is 5.97. The predicted molar refractivity (Wildman–Crippen MR) is 74.3 cm³/mol. The van der Waals surface area contributed by atoms with Gasteiger partial charge in [0, 0.05) is 39.3 Å². The Morgan fingerprint density at radius 1 is 1.40 bits per heavy atom. The molecule has 0 spiro atoms. The second-order valence-corrected chi connectivity index (χ2v) is 5.41. The standard InChI is InChI=1S/C13H21N5O2/c1-16-12(11(14)8-15-16)13(19)18-3-2-10(9-18)17-4-6-20-7-5-17/h8,10H,2-7,9,14H2,1H3. The van der Waals surface area contributed by atoms with Gasteiger partial charge in [0.1, 0.15) is 5.69 Å². The SMILES string of the molecule is Cn1ncc(N)c1C(=O)N1CCC(N2CCOCC2)C1. The first-order valence-corrected chi connectivity index (χ1v) is 7.05. The normalized spacial score (nSPS) is 24.2. The number of aryl methyl sites for hydroxylation is 1. The molecule has 2 aliphatic heterocycles. The summed E-state index contributed by atoms with van der Waals surface area (Å²) in [6, 6.07) is 0.442. The van der Waals surface area contributed by atoms with Gasteiger partial charge in [-0.05, 0) is 6.42 Å². The van der Waals surface area contributed by atoms with E-state index in [2.05, 4.69) is 10.00 Å². The van der Waals surface area contributed by atoms with Crippen molar-refractivity contribution in [2.24, 2.45) is 7.05 Å². The number of hydrogen-bond acceptors (Lipinski definition) is 5. The van der Waals surface area contributed by atoms with Crippen molar-refractivity contribution in [1.29, 1.82) is 0 Å². The number of anilines is 1. The molecular formula is C13H21N5O2. The van der Waals surface area contributed by atoms with Crippen LogP contribution in [-0.4, -0.2) is 70.9 Å². The van der Waals surface area contributed by atoms with E-state index >= 15 is 0 Å². The monoisotopic (exact) mass is 279 g/mol. The van der Waals surface area contributed by atoms with Crippen LogP contribution in [0.3, 0.4) is 0 Å². The van der Waals surface area contributed by atoms with Gasteiger partial charge in [0.25, 0.3) is 5.91 Å². The van der Waals surface area contributed by atoms with Crippen LogP contribution in [0.25, 0.3) is 0 Å². The molecule has 0 radical (unpaired) electrons. The molecule has 2 aliphatic rings. The van der Waals surface area contributed by atoms with Crippen molar-refractivity contribution in [3.05, 3.63) is 11.9 Å². The second-order valence-electron chi connectivity index (χ2n) is 5.41. The number of aromatic nitrogens is 2. The first-order valence-electron chi connectivity index (χ1n) is 7.05. The summed E-state index contributed by atoms with van der Waals surface area (Å²) in [5, 5.41) is 4.03. The zero-order chi connectivity index (χ0) is 14.1. The van der Waals surface area contributed by atoms with E-state index in [1.54, 1.807) is 11.7 Å². The van der Waals surface area contributed by atoms with Crippen LogP contribution >= 0.6 is 0 Å². The highest BCUT2D eigenvalue weighted by Crippen LogP contribution is 2.21. The molecule has 3 rings (SSSR count). The molecule has 1 amide bonds. The number of likely N-dealkylation sites (tertiary alicyclic amines) is 1. The number of carbonyl (C=O) groups excluding carboxylic acids is 1. The van der Waals surface area contributed by atoms with Crippen molar-refractivity contribution in [3.8, 4) is 0 Å². The zero-order valence-electron chi connectivity index (χ0n) is 11.8. The minimum Gasteiger partial charge on any atom is -0.396 e. The highest BCUT2D eigenvalue weighted by Gasteiger charge is 2.33. The molecule has 1 atom stereocenters. The fourth-order valence-corrected chi connectivity index (χ4v) is 3.03. The molecule has 0 aliphatic carbocycles. The molecule has 1 aromatic heterocycles. The minimum absolute atomic E-state index is 0.0155. The Labute approximate surface area is 118 Å². The van der Waals surface area contributed by atoms with Crippen LogP contribution in [-0.2, 0) is 11.8 Å². The van der Waals surface area contributed by atoms with Gasteiger partial charge in [-0.2, -0.15) is 5.10 Å². The maximum Gasteiger partial charge on any atom is 0.274 e. The average molecular weight is 279 g/mol. The van der Waals surface area contributed by atoms with Crippen LogP contribution in [0, 0.1) is 0 Å². The minimum atomic E-state index is -0.0155. The zero-order valence-corrected chi connectivity index (χ0v) is 11.8. The fourth-order valence-electron chi connectivity index (χ4n) is 3.03. The van der Waals surface area contributed by atoms with Crippen LogP contribution in [0.4, 0.5) is 5.69 Å². The summed E-state index contributed by atoms with van der Waals surface area (Å²) in [5.74, 6) is -0.0155. The van der Waals surface area contributed by atoms with Gasteiger partial charge < -0.3 is 15.4 Å². The predicted octanol–water partition coefficient (Wildman–Crippen LogP) is -0.451. The molecule has 110 valence electrons. The lowest BCUT2D eigenvalue weighted by Crippen LogP contribution is -2.45. The summed E-state index contributed by atoms with van der Waals surface area (Å²) >= 11 is 0. The molecule has 3 heterocycles. The molecule has 2 saturated heterocycles. The Bertz CT molecular complexity index is 475. The first-order chi connectivity index (χ1) is 9.66. The van der Waals surface area contributed by atoms with Gasteiger partial charge >= 0.3 is 0 Å². The molecule has 2 N–H and O–H groups in total. The van der Waals surface area contributed by atoms with Crippen LogP contribution in [0.15, 0.2) is 6.20 Å². The molecule has 1 unspecified atom stereocenters. The lowest BCUT2D eigenvalue weighted by Gasteiger charge is -2.32. The number of rotatable bonds is 2. The molecule has 7 nitrogen and oxygen atoms in total. The van der Waals surface area contributed by atoms with E-state index < -0.39 is 0 Å². The maximum atomic E-state index is 12.5. The average Bonchev–Trinajstić information content (AvgIpc) is 3.07. The quantitative estimate of drug-likeness (QED) is 0.793. The van der Waals surface area contributed by atoms with Gasteiger partial charge in [0.15, 0.2) is 0 Å². The van der Waals surface area contributed by atoms with Crippen LogP contribution < -0.4 is 5.73 Å². The van der Waals surface area contributed by atoms with E-state index in [1.807, 2.05) is 4.90 Å². The third kappa shape index (κ3) is 2.38. The summed E-state index contributed by atoms with van der Waals surface area (Å²) in [6.07, 6.45) is 2.55. The molecule has 2 fully saturated rings. The Balaban J connectivity index is 1.66. The molecule has 20 heavy (non-hydrogen) atoms. The molecular weight excluding hydrogens is 258 g/mol. The fraction of sp³-hybridized carbons (Fsp3) is 0.692. The summed E-state index contributed by atoms with van der Waals surface area (Å²) < 4.78 is 6.93. The maximum absolute atomic E-state index is 12.5. The summed E-state index contributed by atoms with van der Waals surface area (Å²) in [7, 11) is 1.75. The van der Waals surface area contributed by atoms with Crippen molar-refractivity contribution in [2.75, 3.05) is 45.1 Å². The van der Waals surface area contributed by atoms with Crippen LogP contribution in [0.1, 0.15) is 16.9 Å². The van der Waals surface area contributed by atoms with E-state index in [0.717, 1.165) is 45.8 Å². The van der Waals surface area contributed by atoms with Gasteiger partial charge in [-0.15, -0.1) is 0 Å². The van der Waals surface area contributed by atoms with E-state index in [0.29, 0.717) is 17.4 Å². The smallest absolute Gasteiger partial charge is 0.274 e. The molecule has 0 saturated carbocycles. The van der Waals surface area contributed by atoms with Gasteiger partial charge in [-0.3, -0.25) is 14.4 Å². The highest BCUT2D eigenvalue weighted by atomic mass is 16.5. The van der Waals surface area contributed by atoms with E-state index in [1.165, 1.54) is 6.20 Å². The number of hydrogen-bond donors (Lipinski definition) is 1. The Morgan fingerprint density at radius 2 is 2.15 bits per heavy atom. The third-order valence-electron chi connectivity index (χ3n) is 4.18. The van der Waals surface area contributed by atoms with Gasteiger partial charge in [-0.1, -0.05) is 0 Å². The van der Waals surface area contributed by atoms with Gasteiger partial charge in [0.05, 0.1) is 25.1 Å². The lowest BCUT2D eigenvalue weighted by atomic mass is 10.2. The third-order valence-corrected chi connectivity index (χ3v) is 4.18.